The number of nitrogens with zero attached hydrogens (tertiary/aromatic N) is 5. The van der Waals surface area contributed by atoms with Gasteiger partial charge in [-0.1, -0.05) is 11.8 Å². The van der Waals surface area contributed by atoms with E-state index in [2.05, 4.69) is 36.1 Å². The third-order valence-electron chi connectivity index (χ3n) is 4.19. The van der Waals surface area contributed by atoms with E-state index in [-0.39, 0.29) is 40.1 Å². The highest BCUT2D eigenvalue weighted by Gasteiger charge is 2.24. The Hall–Kier alpha value is -4.11. The monoisotopic (exact) mass is 454 g/mol. The molecule has 0 amide bonds. The number of hydrogen-bond acceptors (Lipinski definition) is 9. The van der Waals surface area contributed by atoms with Crippen LogP contribution in [0, 0.1) is 0 Å². The highest BCUT2D eigenvalue weighted by Crippen LogP contribution is 2.36. The molecule has 12 heteroatoms. The van der Waals surface area contributed by atoms with Crippen LogP contribution in [0.1, 0.15) is 12.7 Å². The molecule has 0 atom stereocenters. The fraction of sp³-hybridized carbons (Fsp3) is 0.200. The summed E-state index contributed by atoms with van der Waals surface area (Å²) >= 11 is 0. The summed E-state index contributed by atoms with van der Waals surface area (Å²) in [5, 5.41) is 10.6. The molecule has 0 aliphatic carbocycles. The number of imidazole rings is 1. The van der Waals surface area contributed by atoms with Gasteiger partial charge < -0.3 is 14.6 Å². The minimum absolute atomic E-state index is 0.00739. The van der Waals surface area contributed by atoms with Crippen molar-refractivity contribution < 1.29 is 23.0 Å². The minimum atomic E-state index is -3.57. The van der Waals surface area contributed by atoms with Crippen molar-refractivity contribution in [1.82, 2.24) is 19.5 Å². The molecular weight excluding hydrogens is 436 g/mol. The second-order valence-corrected chi connectivity index (χ2v) is 8.27. The van der Waals surface area contributed by atoms with E-state index in [0.29, 0.717) is 18.3 Å². The molecule has 0 spiro atoms. The summed E-state index contributed by atoms with van der Waals surface area (Å²) in [7, 11) is -2.11. The Labute approximate surface area is 183 Å². The Kier molecular flexibility index (Phi) is 5.41. The van der Waals surface area contributed by atoms with Crippen molar-refractivity contribution in [1.29, 1.82) is 0 Å². The third kappa shape index (κ3) is 4.06. The summed E-state index contributed by atoms with van der Waals surface area (Å²) in [6.45, 7) is 2.22. The van der Waals surface area contributed by atoms with E-state index in [4.69, 9.17) is 9.47 Å². The quantitative estimate of drug-likeness (QED) is 0.539. The predicted octanol–water partition coefficient (Wildman–Crippen LogP) is 2.00. The number of aromatic nitrogens is 4. The summed E-state index contributed by atoms with van der Waals surface area (Å²) in [6.07, 6.45) is 3.78. The molecule has 4 rings (SSSR count). The Balaban J connectivity index is 2.02. The van der Waals surface area contributed by atoms with Crippen molar-refractivity contribution in [3.8, 4) is 17.2 Å². The molecule has 1 aromatic carbocycles. The van der Waals surface area contributed by atoms with Gasteiger partial charge in [-0.25, -0.2) is 28.4 Å². The van der Waals surface area contributed by atoms with Crippen LogP contribution in [0.5, 0.6) is 11.5 Å². The summed E-state index contributed by atoms with van der Waals surface area (Å²) in [5.74, 6) is 0.760. The Morgan fingerprint density at radius 2 is 2.09 bits per heavy atom. The van der Waals surface area contributed by atoms with Crippen LogP contribution in [-0.4, -0.2) is 58.9 Å². The maximum Gasteiger partial charge on any atom is 0.231 e. The zero-order valence-electron chi connectivity index (χ0n) is 17.3. The molecule has 3 aromatic rings. The van der Waals surface area contributed by atoms with Crippen molar-refractivity contribution in [2.45, 2.75) is 6.92 Å². The van der Waals surface area contributed by atoms with Gasteiger partial charge in [0.05, 0.1) is 32.2 Å². The first kappa shape index (κ1) is 21.1. The number of phenols is 1. The van der Waals surface area contributed by atoms with Crippen molar-refractivity contribution in [2.75, 3.05) is 24.7 Å². The molecule has 11 nitrogen and oxygen atoms in total. The summed E-state index contributed by atoms with van der Waals surface area (Å²) in [4.78, 5) is 17.5. The summed E-state index contributed by atoms with van der Waals surface area (Å²) in [5.41, 5.74) is 6.55. The molecule has 0 saturated heterocycles. The number of ether oxygens (including phenoxy) is 2. The van der Waals surface area contributed by atoms with E-state index in [9.17, 15) is 13.5 Å². The molecule has 1 aliphatic rings. The average molecular weight is 454 g/mol. The van der Waals surface area contributed by atoms with Gasteiger partial charge in [0.15, 0.2) is 23.0 Å². The third-order valence-corrected chi connectivity index (χ3v) is 4.77. The zero-order valence-corrected chi connectivity index (χ0v) is 18.1. The highest BCUT2D eigenvalue weighted by atomic mass is 32.2. The van der Waals surface area contributed by atoms with E-state index in [1.165, 1.54) is 30.0 Å². The van der Waals surface area contributed by atoms with Crippen molar-refractivity contribution in [3.05, 3.63) is 47.8 Å². The number of nitrogens with one attached hydrogen (secondary N) is 1. The van der Waals surface area contributed by atoms with Crippen molar-refractivity contribution in [2.24, 2.45) is 4.99 Å². The molecule has 3 heterocycles. The molecule has 1 aliphatic heterocycles. The van der Waals surface area contributed by atoms with Crippen molar-refractivity contribution >= 4 is 38.7 Å². The summed E-state index contributed by atoms with van der Waals surface area (Å²) < 4.78 is 37.8. The average Bonchev–Trinajstić information content (AvgIpc) is 3.11. The Bertz CT molecular complexity index is 1460. The number of rotatable bonds is 6. The largest absolute Gasteiger partial charge is 0.506 e. The van der Waals surface area contributed by atoms with Gasteiger partial charge in [-0.2, -0.15) is 0 Å². The SMILES string of the molecule is CCOC1=NC(c2nc3nc(NS(C)(=O)=O)cnc3n2-c2c(O)cccc2OC)=C=C=C1. The molecule has 0 unspecified atom stereocenters. The van der Waals surface area contributed by atoms with E-state index in [1.54, 1.807) is 12.1 Å². The highest BCUT2D eigenvalue weighted by molar-refractivity contribution is 7.92. The van der Waals surface area contributed by atoms with E-state index in [0.717, 1.165) is 6.26 Å². The van der Waals surface area contributed by atoms with Gasteiger partial charge in [0.2, 0.25) is 21.6 Å². The molecule has 0 bridgehead atoms. The topological polar surface area (TPSA) is 141 Å². The normalized spacial score (nSPS) is 13.1. The minimum Gasteiger partial charge on any atom is -0.506 e. The first-order valence-electron chi connectivity index (χ1n) is 9.34. The first-order chi connectivity index (χ1) is 15.3. The van der Waals surface area contributed by atoms with Gasteiger partial charge in [0.1, 0.15) is 17.2 Å². The fourth-order valence-corrected chi connectivity index (χ4v) is 3.51. The summed E-state index contributed by atoms with van der Waals surface area (Å²) in [6, 6.07) is 4.78. The van der Waals surface area contributed by atoms with E-state index >= 15 is 0 Å². The van der Waals surface area contributed by atoms with Crippen LogP contribution in [0.3, 0.4) is 0 Å². The van der Waals surface area contributed by atoms with Gasteiger partial charge in [-0.15, -0.1) is 0 Å². The van der Waals surface area contributed by atoms with Gasteiger partial charge in [0.25, 0.3) is 0 Å². The number of hydrogen-bond donors (Lipinski definition) is 2. The number of fused-ring (bicyclic) bond motifs is 1. The number of aromatic hydroxyl groups is 1. The second-order valence-electron chi connectivity index (χ2n) is 6.52. The number of aliphatic imine (C=N–C) groups is 1. The smallest absolute Gasteiger partial charge is 0.231 e. The lowest BCUT2D eigenvalue weighted by molar-refractivity contribution is 0.330. The van der Waals surface area contributed by atoms with Crippen LogP contribution >= 0.6 is 0 Å². The van der Waals surface area contributed by atoms with Crippen LogP contribution in [0.4, 0.5) is 5.82 Å². The molecule has 0 fully saturated rings. The van der Waals surface area contributed by atoms with E-state index < -0.39 is 10.0 Å². The van der Waals surface area contributed by atoms with Crippen LogP contribution < -0.4 is 9.46 Å². The van der Waals surface area contributed by atoms with Gasteiger partial charge in [-0.05, 0) is 24.8 Å². The number of benzene rings is 1. The molecule has 164 valence electrons. The van der Waals surface area contributed by atoms with Crippen LogP contribution in [0.25, 0.3) is 22.7 Å². The number of methoxy groups -OCH3 is 1. The maximum atomic E-state index is 11.6. The number of para-hydroxylation sites is 1. The zero-order chi connectivity index (χ0) is 22.9. The van der Waals surface area contributed by atoms with Gasteiger partial charge >= 0.3 is 0 Å². The molecule has 32 heavy (non-hydrogen) atoms. The van der Waals surface area contributed by atoms with Crippen LogP contribution in [-0.2, 0) is 14.8 Å². The molecular formula is C20H18N6O5S. The standard InChI is InChI=1S/C20H18N6O5S/c1-4-31-16-10-5-7-12(22-16)19-24-18-20(21-11-15(23-18)25-32(3,28)29)26(19)17-13(27)8-6-9-14(17)30-2/h6,8-11,27H,4H2,1-3H3,(H,23,25). The van der Waals surface area contributed by atoms with Gasteiger partial charge in [-0.3, -0.25) is 9.29 Å². The maximum absolute atomic E-state index is 11.6. The number of phenolic OH excluding ortho intramolecular Hbond substituents is 1. The number of sulfonamides is 1. The fourth-order valence-electron chi connectivity index (χ4n) is 3.03. The molecule has 0 saturated carbocycles. The molecule has 0 radical (unpaired) electrons. The van der Waals surface area contributed by atoms with Gasteiger partial charge in [0, 0.05) is 0 Å². The lowest BCUT2D eigenvalue weighted by Crippen LogP contribution is -2.11. The second kappa shape index (κ2) is 8.20. The van der Waals surface area contributed by atoms with E-state index in [1.807, 2.05) is 6.92 Å². The number of anilines is 1. The van der Waals surface area contributed by atoms with Crippen LogP contribution in [0.15, 0.2) is 46.9 Å². The lowest BCUT2D eigenvalue weighted by atomic mass is 10.2. The Morgan fingerprint density at radius 1 is 1.28 bits per heavy atom. The van der Waals surface area contributed by atoms with Crippen LogP contribution in [0.2, 0.25) is 0 Å². The Morgan fingerprint density at radius 3 is 2.81 bits per heavy atom. The predicted molar refractivity (Wildman–Crippen MR) is 117 cm³/mol. The molecule has 2 N–H and O–H groups in total. The lowest BCUT2D eigenvalue weighted by Gasteiger charge is -2.14. The van der Waals surface area contributed by atoms with Crippen molar-refractivity contribution in [3.63, 3.8) is 0 Å². The molecule has 2 aromatic heterocycles. The first-order valence-corrected chi connectivity index (χ1v) is 11.2.